The maximum absolute atomic E-state index is 13.4. The van der Waals surface area contributed by atoms with E-state index in [-0.39, 0.29) is 42.2 Å². The summed E-state index contributed by atoms with van der Waals surface area (Å²) in [5.74, 6) is 6.06. The van der Waals surface area contributed by atoms with Gasteiger partial charge in [0.15, 0.2) is 0 Å². The maximum Gasteiger partial charge on any atom is 0.259 e. The van der Waals surface area contributed by atoms with Crippen LogP contribution < -0.4 is 4.74 Å². The van der Waals surface area contributed by atoms with E-state index in [2.05, 4.69) is 16.8 Å². The van der Waals surface area contributed by atoms with E-state index in [1.165, 1.54) is 0 Å². The van der Waals surface area contributed by atoms with Gasteiger partial charge >= 0.3 is 0 Å². The lowest BCUT2D eigenvalue weighted by Crippen LogP contribution is -2.50. The molecule has 1 aliphatic heterocycles. The summed E-state index contributed by atoms with van der Waals surface area (Å²) in [4.78, 5) is 34.0. The van der Waals surface area contributed by atoms with E-state index < -0.39 is 6.10 Å². The van der Waals surface area contributed by atoms with Gasteiger partial charge in [-0.05, 0) is 25.1 Å². The summed E-state index contributed by atoms with van der Waals surface area (Å²) < 4.78 is 6.26. The third-order valence-corrected chi connectivity index (χ3v) is 5.85. The molecule has 0 aliphatic carbocycles. The fraction of sp³-hybridized carbons (Fsp3) is 0.444. The van der Waals surface area contributed by atoms with Crippen LogP contribution in [0.25, 0.3) is 0 Å². The summed E-state index contributed by atoms with van der Waals surface area (Å²) in [6.45, 7) is 8.30. The number of aliphatic hydroxyl groups excluding tert-OH is 1. The lowest BCUT2D eigenvalue weighted by atomic mass is 9.99. The van der Waals surface area contributed by atoms with Crippen molar-refractivity contribution >= 4 is 11.8 Å². The molecule has 0 unspecified atom stereocenters. The van der Waals surface area contributed by atoms with E-state index in [0.717, 1.165) is 0 Å². The number of fused-ring (bicyclic) bond motifs is 1. The Balaban J connectivity index is 1.95. The maximum atomic E-state index is 13.4. The molecule has 0 spiro atoms. The van der Waals surface area contributed by atoms with Crippen molar-refractivity contribution in [1.82, 2.24) is 14.8 Å². The molecular weight excluding hydrogens is 430 g/mol. The molecule has 1 aromatic heterocycles. The standard InChI is InChI=1S/C27H33N3O4/c1-18(2)11-12-21-13-23-25(28-14-21)34-24(19(3)15-30(27(23)33)20(4)17-31)16-29(5)26(32)22-9-7-6-8-10-22/h6-10,13-14,18-20,24,31H,15-17H2,1-5H3/t19-,20+,24+/m0/s1. The highest BCUT2D eigenvalue weighted by atomic mass is 16.5. The van der Waals surface area contributed by atoms with Gasteiger partial charge in [-0.3, -0.25) is 9.59 Å². The van der Waals surface area contributed by atoms with Gasteiger partial charge in [0.1, 0.15) is 11.7 Å². The van der Waals surface area contributed by atoms with Gasteiger partial charge in [0.2, 0.25) is 5.88 Å². The van der Waals surface area contributed by atoms with E-state index in [9.17, 15) is 14.7 Å². The molecule has 0 fully saturated rings. The highest BCUT2D eigenvalue weighted by molar-refractivity contribution is 5.97. The third kappa shape index (κ3) is 5.95. The second-order valence-corrected chi connectivity index (χ2v) is 9.18. The molecule has 3 atom stereocenters. The van der Waals surface area contributed by atoms with Crippen molar-refractivity contribution in [3.8, 4) is 17.7 Å². The number of hydrogen-bond acceptors (Lipinski definition) is 5. The smallest absolute Gasteiger partial charge is 0.259 e. The van der Waals surface area contributed by atoms with Crippen LogP contribution in [0.15, 0.2) is 42.6 Å². The number of aliphatic hydroxyl groups is 1. The van der Waals surface area contributed by atoms with Crippen molar-refractivity contribution in [2.24, 2.45) is 11.8 Å². The van der Waals surface area contributed by atoms with Gasteiger partial charge in [0, 0.05) is 42.8 Å². The largest absolute Gasteiger partial charge is 0.472 e. The number of benzene rings is 1. The lowest BCUT2D eigenvalue weighted by Gasteiger charge is -2.37. The fourth-order valence-electron chi connectivity index (χ4n) is 3.77. The molecule has 180 valence electrons. The number of ether oxygens (including phenoxy) is 1. The molecule has 7 nitrogen and oxygen atoms in total. The quantitative estimate of drug-likeness (QED) is 0.689. The molecule has 0 saturated heterocycles. The van der Waals surface area contributed by atoms with Crippen LogP contribution >= 0.6 is 0 Å². The summed E-state index contributed by atoms with van der Waals surface area (Å²) in [6, 6.07) is 10.4. The predicted octanol–water partition coefficient (Wildman–Crippen LogP) is 3.08. The van der Waals surface area contributed by atoms with E-state index in [1.54, 1.807) is 41.2 Å². The van der Waals surface area contributed by atoms with Gasteiger partial charge in [-0.2, -0.15) is 0 Å². The first-order chi connectivity index (χ1) is 16.2. The number of likely N-dealkylation sites (N-methyl/N-ethyl adjacent to an activating group) is 1. The Bertz CT molecular complexity index is 1070. The second-order valence-electron chi connectivity index (χ2n) is 9.18. The topological polar surface area (TPSA) is 83.0 Å². The molecule has 0 saturated carbocycles. The Kier molecular flexibility index (Phi) is 8.30. The van der Waals surface area contributed by atoms with Gasteiger partial charge in [0.05, 0.1) is 19.2 Å². The fourth-order valence-corrected chi connectivity index (χ4v) is 3.77. The van der Waals surface area contributed by atoms with E-state index in [1.807, 2.05) is 45.9 Å². The molecule has 0 bridgehead atoms. The van der Waals surface area contributed by atoms with Crippen LogP contribution in [-0.2, 0) is 0 Å². The van der Waals surface area contributed by atoms with E-state index in [0.29, 0.717) is 29.8 Å². The van der Waals surface area contributed by atoms with Crippen molar-refractivity contribution < 1.29 is 19.4 Å². The van der Waals surface area contributed by atoms with E-state index in [4.69, 9.17) is 4.74 Å². The monoisotopic (exact) mass is 463 g/mol. The van der Waals surface area contributed by atoms with Crippen molar-refractivity contribution in [3.05, 3.63) is 59.3 Å². The molecule has 2 aromatic rings. The number of carbonyl (C=O) groups excluding carboxylic acids is 2. The first-order valence-corrected chi connectivity index (χ1v) is 11.6. The molecular formula is C27H33N3O4. The summed E-state index contributed by atoms with van der Waals surface area (Å²) in [5, 5.41) is 9.80. The average Bonchev–Trinajstić information content (AvgIpc) is 2.84. The minimum absolute atomic E-state index is 0.109. The molecule has 1 aromatic carbocycles. The van der Waals surface area contributed by atoms with E-state index >= 15 is 0 Å². The Morgan fingerprint density at radius 1 is 1.29 bits per heavy atom. The van der Waals surface area contributed by atoms with Crippen LogP contribution in [0.2, 0.25) is 0 Å². The minimum Gasteiger partial charge on any atom is -0.472 e. The molecule has 7 heteroatoms. The minimum atomic E-state index is -0.405. The van der Waals surface area contributed by atoms with Crippen molar-refractivity contribution in [2.45, 2.75) is 39.8 Å². The second kappa shape index (κ2) is 11.2. The number of pyridine rings is 1. The highest BCUT2D eigenvalue weighted by Gasteiger charge is 2.34. The normalized spacial score (nSPS) is 18.7. The van der Waals surface area contributed by atoms with Crippen LogP contribution in [0.1, 0.15) is 54.0 Å². The zero-order chi connectivity index (χ0) is 24.8. The van der Waals surface area contributed by atoms with Crippen LogP contribution in [0.5, 0.6) is 5.88 Å². The zero-order valence-electron chi connectivity index (χ0n) is 20.5. The van der Waals surface area contributed by atoms with Crippen LogP contribution in [-0.4, -0.2) is 70.6 Å². The summed E-state index contributed by atoms with van der Waals surface area (Å²) in [7, 11) is 1.74. The summed E-state index contributed by atoms with van der Waals surface area (Å²) in [5.41, 5.74) is 1.54. The Morgan fingerprint density at radius 2 is 2.00 bits per heavy atom. The van der Waals surface area contributed by atoms with Crippen molar-refractivity contribution in [1.29, 1.82) is 0 Å². The number of amides is 2. The Hall–Kier alpha value is -3.37. The lowest BCUT2D eigenvalue weighted by molar-refractivity contribution is 0.0313. The van der Waals surface area contributed by atoms with Crippen LogP contribution in [0, 0.1) is 23.7 Å². The molecule has 2 heterocycles. The number of aromatic nitrogens is 1. The van der Waals surface area contributed by atoms with Gasteiger partial charge in [-0.15, -0.1) is 0 Å². The summed E-state index contributed by atoms with van der Waals surface area (Å²) in [6.07, 6.45) is 1.20. The van der Waals surface area contributed by atoms with Crippen LogP contribution in [0.3, 0.4) is 0 Å². The number of rotatable bonds is 5. The average molecular weight is 464 g/mol. The highest BCUT2D eigenvalue weighted by Crippen LogP contribution is 2.27. The summed E-state index contributed by atoms with van der Waals surface area (Å²) >= 11 is 0. The van der Waals surface area contributed by atoms with Gasteiger partial charge in [-0.1, -0.05) is 50.8 Å². The molecule has 3 rings (SSSR count). The molecule has 1 N–H and O–H groups in total. The number of hydrogen-bond donors (Lipinski definition) is 1. The van der Waals surface area contributed by atoms with Crippen molar-refractivity contribution in [2.75, 3.05) is 26.7 Å². The van der Waals surface area contributed by atoms with Gasteiger partial charge in [0.25, 0.3) is 11.8 Å². The van der Waals surface area contributed by atoms with Gasteiger partial charge in [-0.25, -0.2) is 4.98 Å². The molecule has 2 amide bonds. The third-order valence-electron chi connectivity index (χ3n) is 5.85. The molecule has 34 heavy (non-hydrogen) atoms. The van der Waals surface area contributed by atoms with Crippen LogP contribution in [0.4, 0.5) is 0 Å². The Labute approximate surface area is 201 Å². The number of nitrogens with zero attached hydrogens (tertiary/aromatic N) is 3. The van der Waals surface area contributed by atoms with Crippen molar-refractivity contribution in [3.63, 3.8) is 0 Å². The predicted molar refractivity (Wildman–Crippen MR) is 131 cm³/mol. The molecule has 1 aliphatic rings. The number of carbonyl (C=O) groups is 2. The zero-order valence-corrected chi connectivity index (χ0v) is 20.5. The first-order valence-electron chi connectivity index (χ1n) is 11.6. The van der Waals surface area contributed by atoms with Gasteiger partial charge < -0.3 is 19.6 Å². The SMILES string of the molecule is CC(C)C#Cc1cnc2c(c1)C(=O)N([C@H](C)CO)C[C@H](C)[C@@H](CN(C)C(=O)c1ccccc1)O2. The molecule has 0 radical (unpaired) electrons. The Morgan fingerprint density at radius 3 is 2.65 bits per heavy atom. The first kappa shape index (κ1) is 25.3.